The first kappa shape index (κ1) is 11.7. The molecular weight excluding hydrogens is 202 g/mol. The molecule has 0 spiro atoms. The van der Waals surface area contributed by atoms with Crippen LogP contribution in [0.4, 0.5) is 0 Å². The van der Waals surface area contributed by atoms with Crippen LogP contribution in [0.5, 0.6) is 0 Å². The molecule has 1 rings (SSSR count). The molecule has 84 valence electrons. The Labute approximate surface area is 86.7 Å². The number of nitrogens with zero attached hydrogens (tertiary/aromatic N) is 1. The van der Waals surface area contributed by atoms with Gasteiger partial charge in [-0.1, -0.05) is 0 Å². The Bertz CT molecular complexity index is 288. The summed E-state index contributed by atoms with van der Waals surface area (Å²) in [6.07, 6.45) is 0.631. The van der Waals surface area contributed by atoms with Crippen molar-refractivity contribution in [2.75, 3.05) is 20.2 Å². The predicted octanol–water partition coefficient (Wildman–Crippen LogP) is -1.15. The first-order valence-corrected chi connectivity index (χ1v) is 4.45. The largest absolute Gasteiger partial charge is 0.478 e. The van der Waals surface area contributed by atoms with E-state index in [2.05, 4.69) is 0 Å². The molecule has 2 N–H and O–H groups in total. The van der Waals surface area contributed by atoms with Gasteiger partial charge in [-0.15, -0.1) is 0 Å². The number of carbonyl (C=O) groups excluding carboxylic acids is 1. The summed E-state index contributed by atoms with van der Waals surface area (Å²) >= 11 is 0. The van der Waals surface area contributed by atoms with Gasteiger partial charge in [-0.25, -0.2) is 4.79 Å². The van der Waals surface area contributed by atoms with E-state index in [0.29, 0.717) is 0 Å². The van der Waals surface area contributed by atoms with Gasteiger partial charge in [0, 0.05) is 32.4 Å². The molecule has 0 aromatic heterocycles. The Kier molecular flexibility index (Phi) is 3.81. The van der Waals surface area contributed by atoms with E-state index in [4.69, 9.17) is 9.84 Å². The van der Waals surface area contributed by atoms with Crippen molar-refractivity contribution < 1.29 is 24.5 Å². The molecule has 1 fully saturated rings. The van der Waals surface area contributed by atoms with E-state index in [9.17, 15) is 14.7 Å². The van der Waals surface area contributed by atoms with Crippen molar-refractivity contribution in [3.8, 4) is 0 Å². The third-order valence-corrected chi connectivity index (χ3v) is 2.22. The number of likely N-dealkylation sites (tertiary alicyclic amines) is 1. The highest BCUT2D eigenvalue weighted by Crippen LogP contribution is 2.13. The third-order valence-electron chi connectivity index (χ3n) is 2.22. The summed E-state index contributed by atoms with van der Waals surface area (Å²) in [7, 11) is 1.45. The maximum Gasteiger partial charge on any atom is 0.328 e. The standard InChI is InChI=1S/C9H13NO5/c1-15-7-5-10(4-6(7)11)8(12)2-3-9(13)14/h2-3,6-7,11H,4-5H2,1H3,(H,13,14)/b3-2+/t6-,7-/m0/s1. The maximum atomic E-state index is 11.4. The number of carboxylic acid groups (broad SMARTS) is 1. The van der Waals surface area contributed by atoms with Crippen molar-refractivity contribution in [2.45, 2.75) is 12.2 Å². The van der Waals surface area contributed by atoms with Crippen LogP contribution in [-0.4, -0.2) is 59.4 Å². The molecule has 0 bridgehead atoms. The van der Waals surface area contributed by atoms with Gasteiger partial charge in [0.05, 0.1) is 6.10 Å². The summed E-state index contributed by atoms with van der Waals surface area (Å²) in [5, 5.41) is 17.8. The van der Waals surface area contributed by atoms with E-state index in [-0.39, 0.29) is 13.1 Å². The third kappa shape index (κ3) is 3.03. The molecule has 0 radical (unpaired) electrons. The lowest BCUT2D eigenvalue weighted by molar-refractivity contribution is -0.132. The monoisotopic (exact) mass is 215 g/mol. The zero-order valence-electron chi connectivity index (χ0n) is 8.29. The molecular formula is C9H13NO5. The van der Waals surface area contributed by atoms with Crippen molar-refractivity contribution in [1.29, 1.82) is 0 Å². The van der Waals surface area contributed by atoms with Crippen molar-refractivity contribution >= 4 is 11.9 Å². The highest BCUT2D eigenvalue weighted by atomic mass is 16.5. The molecule has 15 heavy (non-hydrogen) atoms. The molecule has 6 heteroatoms. The van der Waals surface area contributed by atoms with Crippen LogP contribution < -0.4 is 0 Å². The van der Waals surface area contributed by atoms with Crippen LogP contribution in [0.1, 0.15) is 0 Å². The van der Waals surface area contributed by atoms with Gasteiger partial charge in [0.1, 0.15) is 6.10 Å². The summed E-state index contributed by atoms with van der Waals surface area (Å²) in [5.41, 5.74) is 0. The molecule has 0 aliphatic carbocycles. The van der Waals surface area contributed by atoms with Crippen molar-refractivity contribution in [1.82, 2.24) is 4.90 Å². The first-order chi connectivity index (χ1) is 7.04. The van der Waals surface area contributed by atoms with Gasteiger partial charge >= 0.3 is 5.97 Å². The van der Waals surface area contributed by atoms with Crippen molar-refractivity contribution in [3.05, 3.63) is 12.2 Å². The van der Waals surface area contributed by atoms with Crippen LogP contribution in [0.25, 0.3) is 0 Å². The average Bonchev–Trinajstić information content (AvgIpc) is 2.56. The van der Waals surface area contributed by atoms with E-state index in [0.717, 1.165) is 12.2 Å². The summed E-state index contributed by atoms with van der Waals surface area (Å²) in [6.45, 7) is 0.446. The summed E-state index contributed by atoms with van der Waals surface area (Å²) in [5.74, 6) is -1.61. The SMILES string of the molecule is CO[C@H]1CN(C(=O)/C=C/C(=O)O)C[C@@H]1O. The van der Waals surface area contributed by atoms with E-state index < -0.39 is 24.1 Å². The molecule has 0 unspecified atom stereocenters. The van der Waals surface area contributed by atoms with Crippen LogP contribution in [0.3, 0.4) is 0 Å². The van der Waals surface area contributed by atoms with Gasteiger partial charge in [0.15, 0.2) is 0 Å². The number of ether oxygens (including phenoxy) is 1. The van der Waals surface area contributed by atoms with Crippen LogP contribution >= 0.6 is 0 Å². The predicted molar refractivity (Wildman–Crippen MR) is 50.2 cm³/mol. The number of carboxylic acids is 1. The topological polar surface area (TPSA) is 87.1 Å². The highest BCUT2D eigenvalue weighted by Gasteiger charge is 2.33. The van der Waals surface area contributed by atoms with Gasteiger partial charge < -0.3 is 19.8 Å². The zero-order chi connectivity index (χ0) is 11.4. The fourth-order valence-electron chi connectivity index (χ4n) is 1.42. The number of carbonyl (C=O) groups is 2. The number of β-amino-alcohol motifs (C(OH)–C–C–N with tert-alkyl or cyclic N) is 1. The summed E-state index contributed by atoms with van der Waals surface area (Å²) < 4.78 is 4.95. The molecule has 2 atom stereocenters. The number of hydrogen-bond acceptors (Lipinski definition) is 4. The summed E-state index contributed by atoms with van der Waals surface area (Å²) in [6, 6.07) is 0. The normalized spacial score (nSPS) is 26.1. The zero-order valence-corrected chi connectivity index (χ0v) is 8.29. The molecule has 1 aliphatic heterocycles. The second-order valence-electron chi connectivity index (χ2n) is 3.26. The van der Waals surface area contributed by atoms with Crippen molar-refractivity contribution in [3.63, 3.8) is 0 Å². The molecule has 0 saturated carbocycles. The lowest BCUT2D eigenvalue weighted by Crippen LogP contribution is -2.28. The number of rotatable bonds is 3. The van der Waals surface area contributed by atoms with Gasteiger partial charge in [-0.2, -0.15) is 0 Å². The van der Waals surface area contributed by atoms with Gasteiger partial charge in [-0.3, -0.25) is 4.79 Å². The van der Waals surface area contributed by atoms with Crippen LogP contribution in [0.2, 0.25) is 0 Å². The Morgan fingerprint density at radius 2 is 2.07 bits per heavy atom. The number of aliphatic carboxylic acids is 1. The number of aliphatic hydroxyl groups is 1. The molecule has 0 aromatic rings. The number of amides is 1. The lowest BCUT2D eigenvalue weighted by Gasteiger charge is -2.12. The Morgan fingerprint density at radius 3 is 2.53 bits per heavy atom. The molecule has 1 saturated heterocycles. The highest BCUT2D eigenvalue weighted by molar-refractivity contribution is 5.94. The first-order valence-electron chi connectivity index (χ1n) is 4.45. The minimum Gasteiger partial charge on any atom is -0.478 e. The van der Waals surface area contributed by atoms with Crippen molar-refractivity contribution in [2.24, 2.45) is 0 Å². The van der Waals surface area contributed by atoms with E-state index >= 15 is 0 Å². The fraction of sp³-hybridized carbons (Fsp3) is 0.556. The molecule has 6 nitrogen and oxygen atoms in total. The maximum absolute atomic E-state index is 11.4. The minimum absolute atomic E-state index is 0.168. The molecule has 1 amide bonds. The number of aliphatic hydroxyl groups excluding tert-OH is 1. The fourth-order valence-corrected chi connectivity index (χ4v) is 1.42. The Balaban J connectivity index is 2.53. The quantitative estimate of drug-likeness (QED) is 0.580. The Hall–Kier alpha value is -1.40. The van der Waals surface area contributed by atoms with E-state index in [1.54, 1.807) is 0 Å². The van der Waals surface area contributed by atoms with Crippen LogP contribution in [0, 0.1) is 0 Å². The van der Waals surface area contributed by atoms with Crippen LogP contribution in [-0.2, 0) is 14.3 Å². The van der Waals surface area contributed by atoms with Gasteiger partial charge in [-0.05, 0) is 0 Å². The van der Waals surface area contributed by atoms with Crippen LogP contribution in [0.15, 0.2) is 12.2 Å². The molecule has 1 heterocycles. The van der Waals surface area contributed by atoms with Gasteiger partial charge in [0.2, 0.25) is 5.91 Å². The molecule has 1 aliphatic rings. The Morgan fingerprint density at radius 1 is 1.40 bits per heavy atom. The second kappa shape index (κ2) is 4.90. The summed E-state index contributed by atoms with van der Waals surface area (Å²) in [4.78, 5) is 22.9. The van der Waals surface area contributed by atoms with E-state index in [1.807, 2.05) is 0 Å². The lowest BCUT2D eigenvalue weighted by atomic mass is 10.3. The van der Waals surface area contributed by atoms with Gasteiger partial charge in [0.25, 0.3) is 0 Å². The number of methoxy groups -OCH3 is 1. The second-order valence-corrected chi connectivity index (χ2v) is 3.26. The minimum atomic E-state index is -1.17. The smallest absolute Gasteiger partial charge is 0.328 e. The van der Waals surface area contributed by atoms with E-state index in [1.165, 1.54) is 12.0 Å². The number of hydrogen-bond donors (Lipinski definition) is 2. The molecule has 0 aromatic carbocycles. The average molecular weight is 215 g/mol.